The third kappa shape index (κ3) is 3.64. The SMILES string of the molecule is O=C(N/N=C/c1cc([N+](=O)[O-])cc(Br)c1O)c1ccccn1. The molecule has 0 aliphatic heterocycles. The predicted octanol–water partition coefficient (Wildman–Crippen LogP) is 2.22. The average molecular weight is 365 g/mol. The number of nitrogens with one attached hydrogen (secondary N) is 1. The van der Waals surface area contributed by atoms with Crippen LogP contribution >= 0.6 is 15.9 Å². The van der Waals surface area contributed by atoms with Crippen molar-refractivity contribution in [2.75, 3.05) is 0 Å². The number of hydrazone groups is 1. The number of benzene rings is 1. The Hall–Kier alpha value is -2.81. The van der Waals surface area contributed by atoms with Crippen molar-refractivity contribution < 1.29 is 14.8 Å². The zero-order chi connectivity index (χ0) is 16.1. The van der Waals surface area contributed by atoms with Gasteiger partial charge in [-0.05, 0) is 28.1 Å². The van der Waals surface area contributed by atoms with Crippen molar-refractivity contribution in [1.82, 2.24) is 10.4 Å². The van der Waals surface area contributed by atoms with Gasteiger partial charge in [-0.2, -0.15) is 5.10 Å². The van der Waals surface area contributed by atoms with Crippen LogP contribution in [0.3, 0.4) is 0 Å². The molecule has 0 aliphatic rings. The number of pyridine rings is 1. The number of nitro benzene ring substituents is 1. The highest BCUT2D eigenvalue weighted by molar-refractivity contribution is 9.10. The van der Waals surface area contributed by atoms with Gasteiger partial charge in [0, 0.05) is 23.9 Å². The monoisotopic (exact) mass is 364 g/mol. The molecular weight excluding hydrogens is 356 g/mol. The first-order valence-corrected chi connectivity index (χ1v) is 6.69. The second-order valence-electron chi connectivity index (χ2n) is 4.04. The van der Waals surface area contributed by atoms with Crippen LogP contribution in [0.5, 0.6) is 5.75 Å². The number of rotatable bonds is 4. The maximum Gasteiger partial charge on any atom is 0.289 e. The summed E-state index contributed by atoms with van der Waals surface area (Å²) < 4.78 is 0.152. The lowest BCUT2D eigenvalue weighted by atomic mass is 10.2. The molecule has 0 fully saturated rings. The van der Waals surface area contributed by atoms with Crippen molar-refractivity contribution in [3.63, 3.8) is 0 Å². The van der Waals surface area contributed by atoms with Crippen molar-refractivity contribution in [3.05, 3.63) is 62.4 Å². The molecule has 2 N–H and O–H groups in total. The number of hydrogen-bond acceptors (Lipinski definition) is 6. The Morgan fingerprint density at radius 3 is 2.86 bits per heavy atom. The molecule has 9 heteroatoms. The highest BCUT2D eigenvalue weighted by Gasteiger charge is 2.13. The van der Waals surface area contributed by atoms with E-state index in [1.54, 1.807) is 12.1 Å². The summed E-state index contributed by atoms with van der Waals surface area (Å²) in [5.74, 6) is -0.762. The Labute approximate surface area is 132 Å². The molecule has 2 aromatic rings. The number of phenols is 1. The van der Waals surface area contributed by atoms with Crippen LogP contribution in [0.25, 0.3) is 0 Å². The molecule has 2 rings (SSSR count). The number of aromatic nitrogens is 1. The van der Waals surface area contributed by atoms with Crippen molar-refractivity contribution in [3.8, 4) is 5.75 Å². The first-order chi connectivity index (χ1) is 10.5. The van der Waals surface area contributed by atoms with E-state index in [0.29, 0.717) is 0 Å². The molecule has 0 atom stereocenters. The summed E-state index contributed by atoms with van der Waals surface area (Å²) in [6, 6.07) is 7.12. The minimum Gasteiger partial charge on any atom is -0.506 e. The van der Waals surface area contributed by atoms with Gasteiger partial charge in [-0.1, -0.05) is 6.07 Å². The van der Waals surface area contributed by atoms with Gasteiger partial charge in [-0.25, -0.2) is 5.43 Å². The number of amides is 1. The Kier molecular flexibility index (Phi) is 4.79. The molecule has 0 unspecified atom stereocenters. The first-order valence-electron chi connectivity index (χ1n) is 5.90. The molecule has 1 aromatic heterocycles. The van der Waals surface area contributed by atoms with Crippen LogP contribution in [0.1, 0.15) is 16.1 Å². The Bertz CT molecular complexity index is 749. The summed E-state index contributed by atoms with van der Waals surface area (Å²) in [6.07, 6.45) is 2.57. The molecule has 22 heavy (non-hydrogen) atoms. The summed E-state index contributed by atoms with van der Waals surface area (Å²) >= 11 is 3.01. The maximum atomic E-state index is 11.7. The van der Waals surface area contributed by atoms with E-state index in [1.165, 1.54) is 18.3 Å². The molecule has 0 bridgehead atoms. The number of nitrogens with zero attached hydrogens (tertiary/aromatic N) is 3. The molecule has 0 radical (unpaired) electrons. The van der Waals surface area contributed by atoms with E-state index in [-0.39, 0.29) is 27.2 Å². The van der Waals surface area contributed by atoms with E-state index < -0.39 is 10.8 Å². The zero-order valence-electron chi connectivity index (χ0n) is 10.9. The predicted molar refractivity (Wildman–Crippen MR) is 81.8 cm³/mol. The van der Waals surface area contributed by atoms with Gasteiger partial charge in [-0.3, -0.25) is 19.9 Å². The maximum absolute atomic E-state index is 11.7. The smallest absolute Gasteiger partial charge is 0.289 e. The van der Waals surface area contributed by atoms with Crippen LogP contribution < -0.4 is 5.43 Å². The summed E-state index contributed by atoms with van der Waals surface area (Å²) in [5.41, 5.74) is 2.25. The topological polar surface area (TPSA) is 118 Å². The van der Waals surface area contributed by atoms with Gasteiger partial charge < -0.3 is 5.11 Å². The van der Waals surface area contributed by atoms with Crippen LogP contribution in [0.15, 0.2) is 46.1 Å². The van der Waals surface area contributed by atoms with Gasteiger partial charge in [0.2, 0.25) is 0 Å². The molecule has 112 valence electrons. The number of hydrogen-bond donors (Lipinski definition) is 2. The number of nitro groups is 1. The summed E-state index contributed by atoms with van der Waals surface area (Å²) in [4.78, 5) is 25.7. The van der Waals surface area contributed by atoms with Gasteiger partial charge in [0.25, 0.3) is 11.6 Å². The molecule has 0 saturated carbocycles. The van der Waals surface area contributed by atoms with E-state index in [4.69, 9.17) is 0 Å². The van der Waals surface area contributed by atoms with Crippen LogP contribution in [0, 0.1) is 10.1 Å². The minimum atomic E-state index is -0.603. The van der Waals surface area contributed by atoms with Crippen LogP contribution in [0.4, 0.5) is 5.69 Å². The number of halogens is 1. The average Bonchev–Trinajstić information content (AvgIpc) is 2.51. The number of phenolic OH excluding ortho intramolecular Hbond substituents is 1. The van der Waals surface area contributed by atoms with Gasteiger partial charge in [0.15, 0.2) is 0 Å². The van der Waals surface area contributed by atoms with Gasteiger partial charge >= 0.3 is 0 Å². The summed E-state index contributed by atoms with van der Waals surface area (Å²) in [7, 11) is 0. The highest BCUT2D eigenvalue weighted by Crippen LogP contribution is 2.31. The van der Waals surface area contributed by atoms with Crippen molar-refractivity contribution in [1.29, 1.82) is 0 Å². The van der Waals surface area contributed by atoms with Crippen LogP contribution in [-0.2, 0) is 0 Å². The third-order valence-corrected chi connectivity index (χ3v) is 3.16. The molecular formula is C13H9BrN4O4. The number of carbonyl (C=O) groups excluding carboxylic acids is 1. The molecule has 1 aromatic carbocycles. The Balaban J connectivity index is 2.17. The molecule has 1 heterocycles. The van der Waals surface area contributed by atoms with Crippen molar-refractivity contribution in [2.45, 2.75) is 0 Å². The molecule has 0 spiro atoms. The van der Waals surface area contributed by atoms with Crippen LogP contribution in [0.2, 0.25) is 0 Å². The third-order valence-electron chi connectivity index (χ3n) is 2.56. The van der Waals surface area contributed by atoms with Gasteiger partial charge in [0.05, 0.1) is 15.6 Å². The van der Waals surface area contributed by atoms with Gasteiger partial charge in [0.1, 0.15) is 11.4 Å². The fourth-order valence-electron chi connectivity index (χ4n) is 1.52. The summed E-state index contributed by atoms with van der Waals surface area (Å²) in [6.45, 7) is 0. The molecule has 0 saturated heterocycles. The molecule has 8 nitrogen and oxygen atoms in total. The standard InChI is InChI=1S/C13H9BrN4O4/c14-10-6-9(18(21)22)5-8(12(10)19)7-16-17-13(20)11-3-1-2-4-15-11/h1-7,19H,(H,17,20)/b16-7+. The second-order valence-corrected chi connectivity index (χ2v) is 4.89. The lowest BCUT2D eigenvalue weighted by Gasteiger charge is -2.02. The normalized spacial score (nSPS) is 10.6. The second kappa shape index (κ2) is 6.76. The zero-order valence-corrected chi connectivity index (χ0v) is 12.5. The quantitative estimate of drug-likeness (QED) is 0.489. The minimum absolute atomic E-state index is 0.0856. The first kappa shape index (κ1) is 15.6. The fraction of sp³-hybridized carbons (Fsp3) is 0. The van der Waals surface area contributed by atoms with E-state index in [1.807, 2.05) is 0 Å². The molecule has 0 aliphatic carbocycles. The molecule has 1 amide bonds. The number of aromatic hydroxyl groups is 1. The number of carbonyl (C=O) groups is 1. The Morgan fingerprint density at radius 1 is 1.45 bits per heavy atom. The van der Waals surface area contributed by atoms with Gasteiger partial charge in [-0.15, -0.1) is 0 Å². The van der Waals surface area contributed by atoms with Crippen molar-refractivity contribution >= 4 is 33.7 Å². The largest absolute Gasteiger partial charge is 0.506 e. The van der Waals surface area contributed by atoms with Crippen LogP contribution in [-0.4, -0.2) is 27.1 Å². The lowest BCUT2D eigenvalue weighted by Crippen LogP contribution is -2.18. The lowest BCUT2D eigenvalue weighted by molar-refractivity contribution is -0.385. The Morgan fingerprint density at radius 2 is 2.23 bits per heavy atom. The van der Waals surface area contributed by atoms with E-state index in [0.717, 1.165) is 12.3 Å². The van der Waals surface area contributed by atoms with E-state index in [2.05, 4.69) is 31.4 Å². The van der Waals surface area contributed by atoms with E-state index >= 15 is 0 Å². The number of non-ortho nitro benzene ring substituents is 1. The fourth-order valence-corrected chi connectivity index (χ4v) is 1.99. The summed E-state index contributed by atoms with van der Waals surface area (Å²) in [5, 5.41) is 24.2. The van der Waals surface area contributed by atoms with Crippen molar-refractivity contribution in [2.24, 2.45) is 5.10 Å². The highest BCUT2D eigenvalue weighted by atomic mass is 79.9. The van der Waals surface area contributed by atoms with E-state index in [9.17, 15) is 20.0 Å².